The highest BCUT2D eigenvalue weighted by Gasteiger charge is 2.30. The topological polar surface area (TPSA) is 50.9 Å². The van der Waals surface area contributed by atoms with Gasteiger partial charge in [0.2, 0.25) is 5.89 Å². The summed E-state index contributed by atoms with van der Waals surface area (Å²) in [5.74, 6) is 0.783. The third-order valence-electron chi connectivity index (χ3n) is 4.62. The van der Waals surface area contributed by atoms with Crippen LogP contribution in [-0.2, 0) is 4.74 Å². The second kappa shape index (κ2) is 6.76. The van der Waals surface area contributed by atoms with Gasteiger partial charge >= 0.3 is 0 Å². The molecule has 4 rings (SSSR count). The van der Waals surface area contributed by atoms with Gasteiger partial charge in [-0.3, -0.25) is 5.01 Å². The molecule has 2 aliphatic rings. The van der Waals surface area contributed by atoms with Crippen molar-refractivity contribution in [2.75, 3.05) is 13.2 Å². The van der Waals surface area contributed by atoms with E-state index in [0.29, 0.717) is 6.04 Å². The van der Waals surface area contributed by atoms with Crippen LogP contribution in [0, 0.1) is 6.92 Å². The minimum atomic E-state index is 0.170. The molecular weight excluding hydrogens is 322 g/mol. The van der Waals surface area contributed by atoms with Crippen molar-refractivity contribution in [3.8, 4) is 0 Å². The highest BCUT2D eigenvalue weighted by molar-refractivity contribution is 7.99. The first-order chi connectivity index (χ1) is 11.7. The molecule has 0 amide bonds. The SMILES string of the molecule is Cc1ccc2nc(C(C)SC3CC(N4CCC=N4)CCO3)oc2c1. The number of hydrazone groups is 1. The van der Waals surface area contributed by atoms with E-state index in [2.05, 4.69) is 35.0 Å². The van der Waals surface area contributed by atoms with Gasteiger partial charge in [-0.2, -0.15) is 5.10 Å². The van der Waals surface area contributed by atoms with E-state index in [9.17, 15) is 0 Å². The predicted octanol–water partition coefficient (Wildman–Crippen LogP) is 4.13. The normalized spacial score (nSPS) is 25.5. The van der Waals surface area contributed by atoms with Crippen LogP contribution in [0.5, 0.6) is 0 Å². The monoisotopic (exact) mass is 345 g/mol. The summed E-state index contributed by atoms with van der Waals surface area (Å²) in [6.45, 7) is 6.05. The minimum Gasteiger partial charge on any atom is -0.439 e. The summed E-state index contributed by atoms with van der Waals surface area (Å²) in [4.78, 5) is 4.64. The van der Waals surface area contributed by atoms with Crippen molar-refractivity contribution in [1.29, 1.82) is 0 Å². The summed E-state index contributed by atoms with van der Waals surface area (Å²) in [6.07, 6.45) is 5.14. The lowest BCUT2D eigenvalue weighted by Crippen LogP contribution is -2.37. The Morgan fingerprint density at radius 1 is 1.38 bits per heavy atom. The van der Waals surface area contributed by atoms with E-state index in [1.165, 1.54) is 5.56 Å². The third kappa shape index (κ3) is 3.30. The number of benzene rings is 1. The van der Waals surface area contributed by atoms with Gasteiger partial charge in [0.1, 0.15) is 11.0 Å². The highest BCUT2D eigenvalue weighted by Crippen LogP contribution is 2.38. The molecule has 0 radical (unpaired) electrons. The molecule has 1 fully saturated rings. The first-order valence-electron chi connectivity index (χ1n) is 8.62. The Morgan fingerprint density at radius 2 is 2.29 bits per heavy atom. The van der Waals surface area contributed by atoms with Crippen molar-refractivity contribution in [3.63, 3.8) is 0 Å². The standard InChI is InChI=1S/C18H23N3O2S/c1-12-4-5-15-16(10-12)23-18(20-15)13(2)24-17-11-14(6-9-22-17)21-8-3-7-19-21/h4-5,7,10,13-14,17H,3,6,8-9,11H2,1-2H3. The van der Waals surface area contributed by atoms with Gasteiger partial charge in [-0.1, -0.05) is 6.07 Å². The number of rotatable bonds is 4. The molecule has 0 saturated carbocycles. The van der Waals surface area contributed by atoms with Crippen molar-refractivity contribution in [1.82, 2.24) is 9.99 Å². The van der Waals surface area contributed by atoms with Gasteiger partial charge in [0.25, 0.3) is 0 Å². The quantitative estimate of drug-likeness (QED) is 0.834. The Kier molecular flexibility index (Phi) is 4.50. The maximum atomic E-state index is 5.97. The molecule has 0 bridgehead atoms. The van der Waals surface area contributed by atoms with Gasteiger partial charge in [-0.15, -0.1) is 11.8 Å². The fourth-order valence-electron chi connectivity index (χ4n) is 3.31. The maximum absolute atomic E-state index is 5.97. The molecule has 2 aliphatic heterocycles. The molecule has 5 nitrogen and oxygen atoms in total. The molecule has 1 saturated heterocycles. The lowest BCUT2D eigenvalue weighted by molar-refractivity contribution is 0.0202. The molecule has 3 unspecified atom stereocenters. The van der Waals surface area contributed by atoms with Crippen molar-refractivity contribution in [2.45, 2.75) is 49.8 Å². The molecule has 6 heteroatoms. The Hall–Kier alpha value is -1.53. The average molecular weight is 345 g/mol. The number of aromatic nitrogens is 1. The lowest BCUT2D eigenvalue weighted by Gasteiger charge is -2.34. The Bertz CT molecular complexity index is 745. The third-order valence-corrected chi connectivity index (χ3v) is 5.86. The summed E-state index contributed by atoms with van der Waals surface area (Å²) >= 11 is 1.80. The van der Waals surface area contributed by atoms with E-state index in [0.717, 1.165) is 49.4 Å². The highest BCUT2D eigenvalue weighted by atomic mass is 32.2. The minimum absolute atomic E-state index is 0.170. The molecule has 0 spiro atoms. The Morgan fingerprint density at radius 3 is 3.12 bits per heavy atom. The molecular formula is C18H23N3O2S. The van der Waals surface area contributed by atoms with Crippen LogP contribution in [0.15, 0.2) is 27.7 Å². The predicted molar refractivity (Wildman–Crippen MR) is 97.3 cm³/mol. The van der Waals surface area contributed by atoms with Crippen LogP contribution in [-0.4, -0.2) is 40.8 Å². The van der Waals surface area contributed by atoms with Crippen LogP contribution in [0.3, 0.4) is 0 Å². The zero-order chi connectivity index (χ0) is 16.5. The number of nitrogens with zero attached hydrogens (tertiary/aromatic N) is 3. The summed E-state index contributed by atoms with van der Waals surface area (Å²) in [6, 6.07) is 6.63. The van der Waals surface area contributed by atoms with E-state index in [4.69, 9.17) is 9.15 Å². The Balaban J connectivity index is 1.42. The average Bonchev–Trinajstić information content (AvgIpc) is 3.24. The first-order valence-corrected chi connectivity index (χ1v) is 9.56. The molecule has 0 N–H and O–H groups in total. The number of oxazole rings is 1. The summed E-state index contributed by atoms with van der Waals surface area (Å²) in [5.41, 5.74) is 3.16. The molecule has 3 atom stereocenters. The van der Waals surface area contributed by atoms with Gasteiger partial charge in [-0.05, 0) is 38.0 Å². The molecule has 1 aromatic heterocycles. The van der Waals surface area contributed by atoms with E-state index in [1.807, 2.05) is 18.3 Å². The lowest BCUT2D eigenvalue weighted by atomic mass is 10.1. The van der Waals surface area contributed by atoms with Crippen LogP contribution < -0.4 is 0 Å². The fourth-order valence-corrected chi connectivity index (χ4v) is 4.49. The molecule has 3 heterocycles. The number of fused-ring (bicyclic) bond motifs is 1. The van der Waals surface area contributed by atoms with E-state index >= 15 is 0 Å². The van der Waals surface area contributed by atoms with Crippen LogP contribution in [0.4, 0.5) is 0 Å². The largest absolute Gasteiger partial charge is 0.439 e. The fraction of sp³-hybridized carbons (Fsp3) is 0.556. The van der Waals surface area contributed by atoms with Crippen molar-refractivity contribution in [2.24, 2.45) is 5.10 Å². The summed E-state index contributed by atoms with van der Waals surface area (Å²) in [5, 5.41) is 6.88. The van der Waals surface area contributed by atoms with Gasteiger partial charge < -0.3 is 9.15 Å². The van der Waals surface area contributed by atoms with E-state index in [-0.39, 0.29) is 10.7 Å². The van der Waals surface area contributed by atoms with E-state index < -0.39 is 0 Å². The Labute approximate surface area is 146 Å². The number of ether oxygens (including phenoxy) is 1. The number of hydrogen-bond acceptors (Lipinski definition) is 6. The maximum Gasteiger partial charge on any atom is 0.208 e. The summed E-state index contributed by atoms with van der Waals surface area (Å²) < 4.78 is 11.9. The second-order valence-electron chi connectivity index (χ2n) is 6.53. The van der Waals surface area contributed by atoms with Crippen LogP contribution >= 0.6 is 11.8 Å². The number of aryl methyl sites for hydroxylation is 1. The number of hydrogen-bond donors (Lipinski definition) is 0. The van der Waals surface area contributed by atoms with Crippen LogP contribution in [0.1, 0.15) is 42.9 Å². The van der Waals surface area contributed by atoms with Gasteiger partial charge in [0.05, 0.1) is 17.9 Å². The summed E-state index contributed by atoms with van der Waals surface area (Å²) in [7, 11) is 0. The van der Waals surface area contributed by atoms with Crippen molar-refractivity contribution < 1.29 is 9.15 Å². The molecule has 0 aliphatic carbocycles. The first kappa shape index (κ1) is 16.0. The van der Waals surface area contributed by atoms with Gasteiger partial charge in [-0.25, -0.2) is 4.98 Å². The van der Waals surface area contributed by atoms with E-state index in [1.54, 1.807) is 11.8 Å². The molecule has 128 valence electrons. The van der Waals surface area contributed by atoms with Crippen molar-refractivity contribution in [3.05, 3.63) is 29.7 Å². The van der Waals surface area contributed by atoms with Crippen LogP contribution in [0.2, 0.25) is 0 Å². The molecule has 24 heavy (non-hydrogen) atoms. The zero-order valence-corrected chi connectivity index (χ0v) is 15.0. The van der Waals surface area contributed by atoms with Gasteiger partial charge in [0.15, 0.2) is 5.58 Å². The molecule has 1 aromatic carbocycles. The molecule has 2 aromatic rings. The van der Waals surface area contributed by atoms with Crippen LogP contribution in [0.25, 0.3) is 11.1 Å². The van der Waals surface area contributed by atoms with Gasteiger partial charge in [0, 0.05) is 25.6 Å². The number of thioether (sulfide) groups is 1. The zero-order valence-electron chi connectivity index (χ0n) is 14.1. The smallest absolute Gasteiger partial charge is 0.208 e. The van der Waals surface area contributed by atoms with Crippen molar-refractivity contribution >= 4 is 29.1 Å². The second-order valence-corrected chi connectivity index (χ2v) is 8.03.